The van der Waals surface area contributed by atoms with E-state index in [1.54, 1.807) is 18.2 Å². The number of allylic oxidation sites excluding steroid dienone is 1. The number of benzene rings is 1. The minimum absolute atomic E-state index is 0.0176. The fourth-order valence-electron chi connectivity index (χ4n) is 0.879. The fraction of sp³-hybridized carbons (Fsp3) is 0.111. The van der Waals surface area contributed by atoms with Crippen molar-refractivity contribution in [3.8, 4) is 0 Å². The third-order valence-electron chi connectivity index (χ3n) is 1.48. The van der Waals surface area contributed by atoms with Crippen LogP contribution in [0.1, 0.15) is 5.56 Å². The molecule has 0 aliphatic heterocycles. The molecule has 0 amide bonds. The van der Waals surface area contributed by atoms with E-state index in [1.807, 2.05) is 0 Å². The molecule has 0 aliphatic carbocycles. The molecule has 1 aromatic carbocycles. The Morgan fingerprint density at radius 2 is 2.08 bits per heavy atom. The van der Waals surface area contributed by atoms with Crippen molar-refractivity contribution in [1.82, 2.24) is 0 Å². The monoisotopic (exact) mass is 204 g/mol. The van der Waals surface area contributed by atoms with Crippen LogP contribution in [0.4, 0.5) is 4.39 Å². The van der Waals surface area contributed by atoms with E-state index in [1.165, 1.54) is 0 Å². The lowest BCUT2D eigenvalue weighted by atomic mass is 10.1. The number of halogens is 3. The minimum atomic E-state index is -0.455. The van der Waals surface area contributed by atoms with E-state index in [-0.39, 0.29) is 10.0 Å². The van der Waals surface area contributed by atoms with E-state index in [0.29, 0.717) is 12.0 Å². The summed E-state index contributed by atoms with van der Waals surface area (Å²) in [7, 11) is 0. The van der Waals surface area contributed by atoms with Gasteiger partial charge in [-0.3, -0.25) is 0 Å². The summed E-state index contributed by atoms with van der Waals surface area (Å²) in [6.07, 6.45) is 2.07. The van der Waals surface area contributed by atoms with Crippen molar-refractivity contribution in [3.05, 3.63) is 46.2 Å². The molecule has 1 rings (SSSR count). The lowest BCUT2D eigenvalue weighted by molar-refractivity contribution is 0.615. The second kappa shape index (κ2) is 3.92. The zero-order valence-electron chi connectivity index (χ0n) is 6.28. The lowest BCUT2D eigenvalue weighted by Crippen LogP contribution is -1.89. The molecular weight excluding hydrogens is 198 g/mol. The Morgan fingerprint density at radius 1 is 1.42 bits per heavy atom. The van der Waals surface area contributed by atoms with Gasteiger partial charge in [-0.2, -0.15) is 0 Å². The first-order valence-corrected chi connectivity index (χ1v) is 4.15. The van der Waals surface area contributed by atoms with Crippen molar-refractivity contribution >= 4 is 23.2 Å². The summed E-state index contributed by atoms with van der Waals surface area (Å²) in [5.41, 5.74) is 0.513. The SMILES string of the molecule is C=CCc1ccc(Cl)c(Cl)c1F. The maximum atomic E-state index is 13.2. The topological polar surface area (TPSA) is 0 Å². The molecule has 0 bridgehead atoms. The second-order valence-corrected chi connectivity index (χ2v) is 3.11. The van der Waals surface area contributed by atoms with Gasteiger partial charge in [-0.15, -0.1) is 6.58 Å². The van der Waals surface area contributed by atoms with Gasteiger partial charge in [0.25, 0.3) is 0 Å². The molecule has 0 radical (unpaired) electrons. The maximum absolute atomic E-state index is 13.2. The van der Waals surface area contributed by atoms with Gasteiger partial charge < -0.3 is 0 Å². The van der Waals surface area contributed by atoms with Crippen LogP contribution < -0.4 is 0 Å². The highest BCUT2D eigenvalue weighted by molar-refractivity contribution is 6.42. The van der Waals surface area contributed by atoms with Gasteiger partial charge in [0.1, 0.15) is 5.82 Å². The molecule has 0 nitrogen and oxygen atoms in total. The average molecular weight is 205 g/mol. The van der Waals surface area contributed by atoms with Crippen LogP contribution in [-0.4, -0.2) is 0 Å². The molecule has 0 aliphatic rings. The Labute approximate surface area is 80.6 Å². The fourth-order valence-corrected chi connectivity index (χ4v) is 1.21. The van der Waals surface area contributed by atoms with Crippen molar-refractivity contribution < 1.29 is 4.39 Å². The molecule has 64 valence electrons. The van der Waals surface area contributed by atoms with Crippen LogP contribution in [0, 0.1) is 5.82 Å². The molecule has 1 aromatic rings. The predicted octanol–water partition coefficient (Wildman–Crippen LogP) is 3.86. The normalized spacial score (nSPS) is 9.92. The molecule has 0 atom stereocenters. The smallest absolute Gasteiger partial charge is 0.146 e. The van der Waals surface area contributed by atoms with Crippen LogP contribution in [0.2, 0.25) is 10.0 Å². The number of rotatable bonds is 2. The third kappa shape index (κ3) is 1.79. The van der Waals surface area contributed by atoms with Gasteiger partial charge in [-0.05, 0) is 18.1 Å². The molecular formula is C9H7Cl2F. The van der Waals surface area contributed by atoms with Gasteiger partial charge in [-0.25, -0.2) is 4.39 Å². The van der Waals surface area contributed by atoms with Crippen molar-refractivity contribution in [1.29, 1.82) is 0 Å². The molecule has 0 N–H and O–H groups in total. The van der Waals surface area contributed by atoms with Gasteiger partial charge >= 0.3 is 0 Å². The standard InChI is InChI=1S/C9H7Cl2F/c1-2-3-6-4-5-7(10)8(11)9(6)12/h2,4-5H,1,3H2. The highest BCUT2D eigenvalue weighted by Gasteiger charge is 2.08. The van der Waals surface area contributed by atoms with E-state index in [4.69, 9.17) is 23.2 Å². The van der Waals surface area contributed by atoms with Crippen LogP contribution in [0.15, 0.2) is 24.8 Å². The summed E-state index contributed by atoms with van der Waals surface area (Å²) in [5, 5.41) is 0.220. The summed E-state index contributed by atoms with van der Waals surface area (Å²) in [4.78, 5) is 0. The highest BCUT2D eigenvalue weighted by Crippen LogP contribution is 2.27. The summed E-state index contributed by atoms with van der Waals surface area (Å²) >= 11 is 11.2. The maximum Gasteiger partial charge on any atom is 0.146 e. The van der Waals surface area contributed by atoms with Crippen LogP contribution in [0.5, 0.6) is 0 Å². The largest absolute Gasteiger partial charge is 0.205 e. The minimum Gasteiger partial charge on any atom is -0.205 e. The van der Waals surface area contributed by atoms with Gasteiger partial charge in [0, 0.05) is 0 Å². The Bertz CT molecular complexity index is 308. The van der Waals surface area contributed by atoms with Crippen LogP contribution in [0.3, 0.4) is 0 Å². The molecule has 0 saturated heterocycles. The molecule has 0 spiro atoms. The first kappa shape index (κ1) is 9.56. The summed E-state index contributed by atoms with van der Waals surface area (Å²) in [6, 6.07) is 3.18. The molecule has 12 heavy (non-hydrogen) atoms. The molecule has 0 heterocycles. The Hall–Kier alpha value is -0.530. The Kier molecular flexibility index (Phi) is 3.12. The van der Waals surface area contributed by atoms with Gasteiger partial charge in [-0.1, -0.05) is 35.3 Å². The third-order valence-corrected chi connectivity index (χ3v) is 2.26. The summed E-state index contributed by atoms with van der Waals surface area (Å²) < 4.78 is 13.2. The van der Waals surface area contributed by atoms with Gasteiger partial charge in [0.15, 0.2) is 0 Å². The molecule has 3 heteroatoms. The second-order valence-electron chi connectivity index (χ2n) is 2.33. The molecule has 0 saturated carbocycles. The van der Waals surface area contributed by atoms with Crippen LogP contribution in [-0.2, 0) is 6.42 Å². The van der Waals surface area contributed by atoms with Crippen LogP contribution >= 0.6 is 23.2 Å². The molecule has 0 unspecified atom stereocenters. The van der Waals surface area contributed by atoms with E-state index < -0.39 is 5.82 Å². The van der Waals surface area contributed by atoms with Crippen molar-refractivity contribution in [2.45, 2.75) is 6.42 Å². The van der Waals surface area contributed by atoms with Gasteiger partial charge in [0.2, 0.25) is 0 Å². The van der Waals surface area contributed by atoms with E-state index >= 15 is 0 Å². The zero-order chi connectivity index (χ0) is 9.14. The average Bonchev–Trinajstić information content (AvgIpc) is 2.07. The quantitative estimate of drug-likeness (QED) is 0.507. The van der Waals surface area contributed by atoms with Crippen molar-refractivity contribution in [3.63, 3.8) is 0 Å². The van der Waals surface area contributed by atoms with E-state index in [2.05, 4.69) is 6.58 Å². The summed E-state index contributed by atoms with van der Waals surface area (Å²) in [6.45, 7) is 3.51. The van der Waals surface area contributed by atoms with Crippen LogP contribution in [0.25, 0.3) is 0 Å². The first-order chi connectivity index (χ1) is 5.66. The summed E-state index contributed by atoms with van der Waals surface area (Å²) in [5.74, 6) is -0.455. The lowest BCUT2D eigenvalue weighted by Gasteiger charge is -2.02. The number of hydrogen-bond donors (Lipinski definition) is 0. The zero-order valence-corrected chi connectivity index (χ0v) is 7.79. The first-order valence-electron chi connectivity index (χ1n) is 3.40. The van der Waals surface area contributed by atoms with E-state index in [9.17, 15) is 4.39 Å². The highest BCUT2D eigenvalue weighted by atomic mass is 35.5. The number of hydrogen-bond acceptors (Lipinski definition) is 0. The Balaban J connectivity index is 3.16. The predicted molar refractivity (Wildman–Crippen MR) is 50.3 cm³/mol. The van der Waals surface area contributed by atoms with Gasteiger partial charge in [0.05, 0.1) is 10.0 Å². The molecule has 0 fully saturated rings. The van der Waals surface area contributed by atoms with Crippen molar-refractivity contribution in [2.24, 2.45) is 0 Å². The molecule has 0 aromatic heterocycles. The Morgan fingerprint density at radius 3 is 2.67 bits per heavy atom. The van der Waals surface area contributed by atoms with Crippen molar-refractivity contribution in [2.75, 3.05) is 0 Å². The van der Waals surface area contributed by atoms with E-state index in [0.717, 1.165) is 0 Å².